The third-order valence-electron chi connectivity index (χ3n) is 7.09. The monoisotopic (exact) mass is 588 g/mol. The first kappa shape index (κ1) is 29.8. The zero-order chi connectivity index (χ0) is 31.4. The number of hydrogen-bond acceptors (Lipinski definition) is 7. The molecule has 7 nitrogen and oxygen atoms in total. The predicted molar refractivity (Wildman–Crippen MR) is 173 cm³/mol. The normalized spacial score (nSPS) is 11.4. The largest absolute Gasteiger partial charge is 0.508 e. The lowest BCUT2D eigenvalue weighted by atomic mass is 9.94. The van der Waals surface area contributed by atoms with E-state index < -0.39 is 5.97 Å². The quantitative estimate of drug-likeness (QED) is 0.131. The number of methoxy groups -OCH3 is 2. The van der Waals surface area contributed by atoms with Crippen molar-refractivity contribution >= 4 is 34.7 Å². The Kier molecular flexibility index (Phi) is 8.58. The first-order valence-electron chi connectivity index (χ1n) is 13.9. The van der Waals surface area contributed by atoms with Gasteiger partial charge in [-0.1, -0.05) is 36.9 Å². The molecule has 0 amide bonds. The summed E-state index contributed by atoms with van der Waals surface area (Å²) in [5, 5.41) is 21.6. The van der Waals surface area contributed by atoms with Crippen molar-refractivity contribution in [2.45, 2.75) is 13.8 Å². The Morgan fingerprint density at radius 3 is 2.16 bits per heavy atom. The highest BCUT2D eigenvalue weighted by Gasteiger charge is 2.22. The number of fused-ring (bicyclic) bond motifs is 1. The van der Waals surface area contributed by atoms with Crippen LogP contribution in [0, 0.1) is 0 Å². The molecule has 4 aromatic carbocycles. The van der Waals surface area contributed by atoms with E-state index in [2.05, 4.69) is 6.58 Å². The predicted octanol–water partition coefficient (Wildman–Crippen LogP) is 8.88. The van der Waals surface area contributed by atoms with Crippen LogP contribution in [0.1, 0.15) is 46.5 Å². The number of phenols is 2. The molecule has 0 radical (unpaired) electrons. The molecule has 0 saturated carbocycles. The zero-order valence-corrected chi connectivity index (χ0v) is 24.9. The van der Waals surface area contributed by atoms with Crippen LogP contribution < -0.4 is 14.2 Å². The van der Waals surface area contributed by atoms with Crippen molar-refractivity contribution in [2.24, 2.45) is 0 Å². The molecule has 0 unspecified atom stereocenters. The van der Waals surface area contributed by atoms with Crippen LogP contribution in [-0.2, 0) is 0 Å². The Morgan fingerprint density at radius 2 is 1.48 bits per heavy atom. The number of benzene rings is 4. The minimum Gasteiger partial charge on any atom is -0.508 e. The summed E-state index contributed by atoms with van der Waals surface area (Å²) in [5.74, 6) is 1.10. The second-order valence-electron chi connectivity index (χ2n) is 9.99. The molecule has 1 aromatic heterocycles. The lowest BCUT2D eigenvalue weighted by Gasteiger charge is -2.17. The molecule has 0 aliphatic carbocycles. The van der Waals surface area contributed by atoms with Gasteiger partial charge in [-0.05, 0) is 91.2 Å². The van der Waals surface area contributed by atoms with Gasteiger partial charge in [0.25, 0.3) is 0 Å². The number of carbonyl (C=O) groups is 1. The van der Waals surface area contributed by atoms with Gasteiger partial charge in [-0.3, -0.25) is 0 Å². The van der Waals surface area contributed by atoms with Crippen LogP contribution in [0.15, 0.2) is 95.9 Å². The maximum atomic E-state index is 13.0. The van der Waals surface area contributed by atoms with Crippen molar-refractivity contribution in [2.75, 3.05) is 14.2 Å². The van der Waals surface area contributed by atoms with Crippen molar-refractivity contribution in [3.8, 4) is 40.1 Å². The molecule has 0 saturated heterocycles. The third kappa shape index (κ3) is 5.94. The Hall–Kier alpha value is -5.69. The highest BCUT2D eigenvalue weighted by molar-refractivity contribution is 5.95. The van der Waals surface area contributed by atoms with Gasteiger partial charge in [0, 0.05) is 22.6 Å². The average Bonchev–Trinajstić information content (AvgIpc) is 3.45. The summed E-state index contributed by atoms with van der Waals surface area (Å²) in [6.07, 6.45) is 7.73. The van der Waals surface area contributed by atoms with Crippen molar-refractivity contribution in [3.63, 3.8) is 0 Å². The number of esters is 1. The van der Waals surface area contributed by atoms with Gasteiger partial charge in [0.2, 0.25) is 0 Å². The molecule has 5 aromatic rings. The van der Waals surface area contributed by atoms with E-state index in [1.165, 1.54) is 37.4 Å². The molecule has 0 aliphatic heterocycles. The summed E-state index contributed by atoms with van der Waals surface area (Å²) < 4.78 is 23.3. The number of phenolic OH excluding ortho intramolecular Hbond substituents is 2. The number of rotatable bonds is 9. The van der Waals surface area contributed by atoms with E-state index in [0.717, 1.165) is 16.5 Å². The molecule has 2 N–H and O–H groups in total. The van der Waals surface area contributed by atoms with E-state index in [9.17, 15) is 15.0 Å². The van der Waals surface area contributed by atoms with Gasteiger partial charge < -0.3 is 28.8 Å². The van der Waals surface area contributed by atoms with Crippen molar-refractivity contribution in [1.82, 2.24) is 0 Å². The third-order valence-corrected chi connectivity index (χ3v) is 7.09. The van der Waals surface area contributed by atoms with E-state index in [-0.39, 0.29) is 22.8 Å². The minimum atomic E-state index is -0.606. The van der Waals surface area contributed by atoms with Crippen LogP contribution in [0.2, 0.25) is 0 Å². The molecule has 0 spiro atoms. The molecular formula is C37H32O7. The first-order valence-corrected chi connectivity index (χ1v) is 13.9. The van der Waals surface area contributed by atoms with Gasteiger partial charge >= 0.3 is 5.97 Å². The standard InChI is InChI=1S/C37H32O7/c1-6-8-23-10-15-32(44-37(40)25-11-13-27(38)14-12-25)29(17-23)22(3)28-20-30(33(41-4)21-31(28)39)34-19-26-16-24(9-7-2)18-35(42-5)36(26)43-34/h6-21,38-39H,3H2,1-2,4-5H3/b8-6+,9-7+. The van der Waals surface area contributed by atoms with E-state index in [1.54, 1.807) is 19.2 Å². The van der Waals surface area contributed by atoms with Crippen LogP contribution in [0.3, 0.4) is 0 Å². The summed E-state index contributed by atoms with van der Waals surface area (Å²) >= 11 is 0. The maximum Gasteiger partial charge on any atom is 0.343 e. The summed E-state index contributed by atoms with van der Waals surface area (Å²) in [5.41, 5.74) is 4.55. The Bertz CT molecular complexity index is 1920. The fourth-order valence-electron chi connectivity index (χ4n) is 4.96. The number of aromatic hydroxyl groups is 2. The fraction of sp³-hybridized carbons (Fsp3) is 0.108. The Labute approximate surface area is 255 Å². The van der Waals surface area contributed by atoms with Gasteiger partial charge in [0.15, 0.2) is 11.3 Å². The highest BCUT2D eigenvalue weighted by atomic mass is 16.5. The van der Waals surface area contributed by atoms with Gasteiger partial charge in [0.05, 0.1) is 25.3 Å². The molecule has 7 heteroatoms. The summed E-state index contributed by atoms with van der Waals surface area (Å²) in [4.78, 5) is 13.0. The second-order valence-corrected chi connectivity index (χ2v) is 9.99. The van der Waals surface area contributed by atoms with Crippen molar-refractivity contribution in [1.29, 1.82) is 0 Å². The van der Waals surface area contributed by atoms with Gasteiger partial charge in [-0.25, -0.2) is 4.79 Å². The van der Waals surface area contributed by atoms with Crippen LogP contribution in [0.4, 0.5) is 0 Å². The first-order chi connectivity index (χ1) is 21.3. The molecule has 0 aliphatic rings. The second kappa shape index (κ2) is 12.7. The molecule has 1 heterocycles. The number of allylic oxidation sites excluding steroid dienone is 2. The van der Waals surface area contributed by atoms with Crippen LogP contribution >= 0.6 is 0 Å². The number of carbonyl (C=O) groups excluding carboxylic acids is 1. The van der Waals surface area contributed by atoms with Gasteiger partial charge in [-0.2, -0.15) is 0 Å². The van der Waals surface area contributed by atoms with Crippen molar-refractivity contribution in [3.05, 3.63) is 119 Å². The van der Waals surface area contributed by atoms with Crippen LogP contribution in [0.5, 0.6) is 28.7 Å². The molecule has 0 atom stereocenters. The minimum absolute atomic E-state index is 0.0400. The van der Waals surface area contributed by atoms with Crippen LogP contribution in [0.25, 0.3) is 40.0 Å². The molecule has 0 fully saturated rings. The van der Waals surface area contributed by atoms with Gasteiger partial charge in [-0.15, -0.1) is 0 Å². The highest BCUT2D eigenvalue weighted by Crippen LogP contribution is 2.44. The Morgan fingerprint density at radius 1 is 0.773 bits per heavy atom. The number of ether oxygens (including phenoxy) is 3. The molecule has 222 valence electrons. The lowest BCUT2D eigenvalue weighted by molar-refractivity contribution is 0.0734. The lowest BCUT2D eigenvalue weighted by Crippen LogP contribution is -2.10. The van der Waals surface area contributed by atoms with E-state index in [1.807, 2.05) is 68.5 Å². The summed E-state index contributed by atoms with van der Waals surface area (Å²) in [7, 11) is 3.11. The summed E-state index contributed by atoms with van der Waals surface area (Å²) in [6.45, 7) is 8.14. The van der Waals surface area contributed by atoms with Gasteiger partial charge in [0.1, 0.15) is 28.8 Å². The van der Waals surface area contributed by atoms with E-state index in [0.29, 0.717) is 45.1 Å². The fourth-order valence-corrected chi connectivity index (χ4v) is 4.96. The van der Waals surface area contributed by atoms with E-state index in [4.69, 9.17) is 18.6 Å². The SMILES string of the molecule is C=C(c1cc(-c2cc3cc(/C=C/C)cc(OC)c3o2)c(OC)cc1O)c1cc(/C=C/C)ccc1OC(=O)c1ccc(O)cc1. The molecule has 44 heavy (non-hydrogen) atoms. The zero-order valence-electron chi connectivity index (χ0n) is 24.9. The Balaban J connectivity index is 1.61. The molecular weight excluding hydrogens is 556 g/mol. The van der Waals surface area contributed by atoms with E-state index >= 15 is 0 Å². The van der Waals surface area contributed by atoms with Crippen molar-refractivity contribution < 1.29 is 33.6 Å². The smallest absolute Gasteiger partial charge is 0.343 e. The number of hydrogen-bond donors (Lipinski definition) is 2. The average molecular weight is 589 g/mol. The van der Waals surface area contributed by atoms with Crippen LogP contribution in [-0.4, -0.2) is 30.4 Å². The topological polar surface area (TPSA) is 98.4 Å². The molecule has 0 bridgehead atoms. The summed E-state index contributed by atoms with van der Waals surface area (Å²) in [6, 6.07) is 20.2. The number of furan rings is 1. The maximum absolute atomic E-state index is 13.0. The molecule has 5 rings (SSSR count).